The number of hydrogen-bond acceptors (Lipinski definition) is 3. The minimum Gasteiger partial charge on any atom is -0.362 e. The fraction of sp³-hybridized carbons (Fsp3) is 0. The Morgan fingerprint density at radius 1 is 1.31 bits per heavy atom. The topological polar surface area (TPSA) is 24.5 Å². The third-order valence-corrected chi connectivity index (χ3v) is 2.14. The fourth-order valence-electron chi connectivity index (χ4n) is 1.00. The smallest absolute Gasteiger partial charge is 0.152 e. The summed E-state index contributed by atoms with van der Waals surface area (Å²) in [5, 5.41) is 1.55. The lowest BCUT2D eigenvalue weighted by Gasteiger charge is -2.16. The first kappa shape index (κ1) is 8.44. The molecule has 1 aliphatic rings. The van der Waals surface area contributed by atoms with E-state index in [2.05, 4.69) is 28.3 Å². The van der Waals surface area contributed by atoms with Gasteiger partial charge in [0, 0.05) is 11.4 Å². The third kappa shape index (κ3) is 1.78. The van der Waals surface area contributed by atoms with Crippen LogP contribution in [0.1, 0.15) is 0 Å². The van der Waals surface area contributed by atoms with Gasteiger partial charge in [0.05, 0.1) is 11.9 Å². The van der Waals surface area contributed by atoms with Crippen LogP contribution in [0, 0.1) is 6.92 Å². The standard InChI is InChI=1S/C9H8BrN2O/c1-7-6-11-12(13-7)9-4-2-8(10)3-5-9/h2-6,11H,1H2. The maximum absolute atomic E-state index is 5.24. The molecule has 67 valence electrons. The number of allylic oxidation sites excluding steroid dienone is 1. The molecule has 0 saturated carbocycles. The Bertz CT molecular complexity index is 334. The number of benzene rings is 1. The first-order chi connectivity index (χ1) is 6.25. The highest BCUT2D eigenvalue weighted by Crippen LogP contribution is 2.20. The summed E-state index contributed by atoms with van der Waals surface area (Å²) < 4.78 is 1.04. The minimum absolute atomic E-state index is 0.600. The first-order valence-electron chi connectivity index (χ1n) is 3.78. The fourth-order valence-corrected chi connectivity index (χ4v) is 1.27. The number of nitrogens with zero attached hydrogens (tertiary/aromatic N) is 1. The molecule has 1 aliphatic heterocycles. The predicted molar refractivity (Wildman–Crippen MR) is 54.3 cm³/mol. The molecule has 0 unspecified atom stereocenters. The van der Waals surface area contributed by atoms with Crippen molar-refractivity contribution in [2.24, 2.45) is 0 Å². The molecule has 0 aromatic heterocycles. The number of nitrogens with one attached hydrogen (secondary N) is 1. The molecule has 0 atom stereocenters. The molecular weight excluding hydrogens is 232 g/mol. The van der Waals surface area contributed by atoms with E-state index in [0.717, 1.165) is 10.2 Å². The van der Waals surface area contributed by atoms with Crippen LogP contribution in [0.4, 0.5) is 5.69 Å². The number of halogens is 1. The van der Waals surface area contributed by atoms with Crippen LogP contribution >= 0.6 is 15.9 Å². The summed E-state index contributed by atoms with van der Waals surface area (Å²) in [5.41, 5.74) is 3.84. The van der Waals surface area contributed by atoms with Crippen molar-refractivity contribution in [1.29, 1.82) is 0 Å². The quantitative estimate of drug-likeness (QED) is 0.815. The minimum atomic E-state index is 0.600. The molecule has 3 nitrogen and oxygen atoms in total. The van der Waals surface area contributed by atoms with Gasteiger partial charge in [-0.15, -0.1) is 5.17 Å². The molecule has 13 heavy (non-hydrogen) atoms. The van der Waals surface area contributed by atoms with Gasteiger partial charge in [0.15, 0.2) is 5.76 Å². The molecule has 1 N–H and O–H groups in total. The first-order valence-corrected chi connectivity index (χ1v) is 4.57. The Morgan fingerprint density at radius 3 is 2.54 bits per heavy atom. The van der Waals surface area contributed by atoms with E-state index in [1.165, 1.54) is 0 Å². The van der Waals surface area contributed by atoms with E-state index in [4.69, 9.17) is 4.84 Å². The molecule has 0 aliphatic carbocycles. The second-order valence-electron chi connectivity index (χ2n) is 2.60. The van der Waals surface area contributed by atoms with E-state index in [1.54, 1.807) is 11.4 Å². The lowest BCUT2D eigenvalue weighted by Crippen LogP contribution is -2.27. The number of anilines is 1. The highest BCUT2D eigenvalue weighted by molar-refractivity contribution is 9.10. The number of hydrogen-bond donors (Lipinski definition) is 1. The van der Waals surface area contributed by atoms with Gasteiger partial charge in [-0.25, -0.2) is 0 Å². The SMILES string of the molecule is [CH2]C1=CNN(c2ccc(Br)cc2)O1. The maximum atomic E-state index is 5.24. The largest absolute Gasteiger partial charge is 0.362 e. The summed E-state index contributed by atoms with van der Waals surface area (Å²) >= 11 is 3.36. The lowest BCUT2D eigenvalue weighted by molar-refractivity contribution is 0.200. The van der Waals surface area contributed by atoms with Gasteiger partial charge < -0.3 is 4.84 Å². The van der Waals surface area contributed by atoms with E-state index < -0.39 is 0 Å². The Labute approximate surface area is 85.0 Å². The molecule has 0 saturated heterocycles. The molecule has 1 aromatic rings. The van der Waals surface area contributed by atoms with Gasteiger partial charge in [-0.1, -0.05) is 15.9 Å². The second-order valence-corrected chi connectivity index (χ2v) is 3.52. The van der Waals surface area contributed by atoms with Gasteiger partial charge in [0.1, 0.15) is 0 Å². The molecule has 2 rings (SSSR count). The molecular formula is C9H8BrN2O. The zero-order valence-corrected chi connectivity index (χ0v) is 8.41. The van der Waals surface area contributed by atoms with Crippen LogP contribution in [0.5, 0.6) is 0 Å². The van der Waals surface area contributed by atoms with E-state index in [-0.39, 0.29) is 0 Å². The summed E-state index contributed by atoms with van der Waals surface area (Å²) in [7, 11) is 0. The van der Waals surface area contributed by atoms with Gasteiger partial charge in [-0.05, 0) is 24.3 Å². The van der Waals surface area contributed by atoms with Crippen molar-refractivity contribution in [3.05, 3.63) is 47.6 Å². The molecule has 1 aromatic carbocycles. The van der Waals surface area contributed by atoms with Crippen molar-refractivity contribution in [2.45, 2.75) is 0 Å². The van der Waals surface area contributed by atoms with Crippen LogP contribution in [0.3, 0.4) is 0 Å². The summed E-state index contributed by atoms with van der Waals surface area (Å²) in [6, 6.07) is 7.76. The Morgan fingerprint density at radius 2 is 2.00 bits per heavy atom. The van der Waals surface area contributed by atoms with Crippen molar-refractivity contribution >= 4 is 21.6 Å². The third-order valence-electron chi connectivity index (χ3n) is 1.61. The lowest BCUT2D eigenvalue weighted by atomic mass is 10.3. The van der Waals surface area contributed by atoms with Crippen LogP contribution in [-0.2, 0) is 4.84 Å². The zero-order chi connectivity index (χ0) is 9.26. The van der Waals surface area contributed by atoms with E-state index >= 15 is 0 Å². The summed E-state index contributed by atoms with van der Waals surface area (Å²) in [6.45, 7) is 3.66. The Balaban J connectivity index is 2.14. The molecule has 1 heterocycles. The molecule has 0 bridgehead atoms. The van der Waals surface area contributed by atoms with Crippen molar-refractivity contribution in [3.63, 3.8) is 0 Å². The molecule has 0 spiro atoms. The van der Waals surface area contributed by atoms with E-state index in [9.17, 15) is 0 Å². The average molecular weight is 240 g/mol. The van der Waals surface area contributed by atoms with Gasteiger partial charge >= 0.3 is 0 Å². The van der Waals surface area contributed by atoms with Crippen LogP contribution in [0.2, 0.25) is 0 Å². The van der Waals surface area contributed by atoms with Crippen molar-refractivity contribution in [1.82, 2.24) is 5.43 Å². The molecule has 0 fully saturated rings. The van der Waals surface area contributed by atoms with Gasteiger partial charge in [-0.3, -0.25) is 5.43 Å². The summed E-state index contributed by atoms with van der Waals surface area (Å²) in [4.78, 5) is 5.24. The number of hydrazine groups is 1. The van der Waals surface area contributed by atoms with Gasteiger partial charge in [0.25, 0.3) is 0 Å². The van der Waals surface area contributed by atoms with Gasteiger partial charge in [0.2, 0.25) is 0 Å². The van der Waals surface area contributed by atoms with E-state index in [0.29, 0.717) is 5.76 Å². The van der Waals surface area contributed by atoms with Gasteiger partial charge in [-0.2, -0.15) is 0 Å². The van der Waals surface area contributed by atoms with E-state index in [1.807, 2.05) is 24.3 Å². The Kier molecular flexibility index (Phi) is 2.14. The highest BCUT2D eigenvalue weighted by atomic mass is 79.9. The maximum Gasteiger partial charge on any atom is 0.152 e. The second kappa shape index (κ2) is 3.30. The van der Waals surface area contributed by atoms with Crippen LogP contribution in [0.25, 0.3) is 0 Å². The normalized spacial score (nSPS) is 14.9. The highest BCUT2D eigenvalue weighted by Gasteiger charge is 2.11. The zero-order valence-electron chi connectivity index (χ0n) is 6.83. The average Bonchev–Trinajstić information content (AvgIpc) is 2.53. The van der Waals surface area contributed by atoms with Crippen molar-refractivity contribution in [2.75, 3.05) is 5.17 Å². The van der Waals surface area contributed by atoms with Crippen molar-refractivity contribution < 1.29 is 4.84 Å². The van der Waals surface area contributed by atoms with Crippen molar-refractivity contribution in [3.8, 4) is 0 Å². The summed E-state index contributed by atoms with van der Waals surface area (Å²) in [5.74, 6) is 0.600. The van der Waals surface area contributed by atoms with Crippen LogP contribution in [-0.4, -0.2) is 0 Å². The molecule has 0 amide bonds. The number of rotatable bonds is 1. The Hall–Kier alpha value is -1.16. The van der Waals surface area contributed by atoms with Crippen LogP contribution in [0.15, 0.2) is 40.7 Å². The summed E-state index contributed by atoms with van der Waals surface area (Å²) in [6.07, 6.45) is 1.70. The monoisotopic (exact) mass is 239 g/mol. The molecule has 1 radical (unpaired) electrons. The molecule has 4 heteroatoms. The van der Waals surface area contributed by atoms with Crippen LogP contribution < -0.4 is 10.6 Å². The predicted octanol–water partition coefficient (Wildman–Crippen LogP) is 2.38.